The Morgan fingerprint density at radius 1 is 1.24 bits per heavy atom. The maximum atomic E-state index is 5.76. The molecule has 5 heteroatoms. The highest BCUT2D eigenvalue weighted by Gasteiger charge is 2.00. The van der Waals surface area contributed by atoms with Gasteiger partial charge in [0.1, 0.15) is 12.4 Å². The number of hydrogen-bond donors (Lipinski definition) is 2. The summed E-state index contributed by atoms with van der Waals surface area (Å²) in [5, 5.41) is 6.19. The molecule has 0 aliphatic rings. The Labute approximate surface area is 125 Å². The van der Waals surface area contributed by atoms with E-state index in [1.807, 2.05) is 49.5 Å². The van der Waals surface area contributed by atoms with Gasteiger partial charge in [-0.25, -0.2) is 0 Å². The molecule has 21 heavy (non-hydrogen) atoms. The third-order valence-electron chi connectivity index (χ3n) is 2.93. The van der Waals surface area contributed by atoms with E-state index in [2.05, 4.69) is 20.6 Å². The summed E-state index contributed by atoms with van der Waals surface area (Å²) >= 11 is 0. The Hall–Kier alpha value is -2.56. The number of guanidine groups is 1. The first-order valence-corrected chi connectivity index (χ1v) is 6.82. The summed E-state index contributed by atoms with van der Waals surface area (Å²) in [6.45, 7) is 1.16. The molecular formula is C16H20N4O. The molecule has 2 aromatic rings. The van der Waals surface area contributed by atoms with Crippen LogP contribution in [0.25, 0.3) is 0 Å². The first-order valence-electron chi connectivity index (χ1n) is 6.82. The van der Waals surface area contributed by atoms with Crippen LogP contribution in [-0.2, 0) is 13.2 Å². The lowest BCUT2D eigenvalue weighted by atomic mass is 10.2. The third kappa shape index (κ3) is 4.80. The number of aliphatic imine (C=N–C) groups is 1. The molecule has 5 nitrogen and oxygen atoms in total. The molecule has 0 aliphatic heterocycles. The van der Waals surface area contributed by atoms with E-state index in [0.717, 1.165) is 23.0 Å². The van der Waals surface area contributed by atoms with Crippen molar-refractivity contribution in [2.75, 3.05) is 14.1 Å². The van der Waals surface area contributed by atoms with Crippen LogP contribution in [-0.4, -0.2) is 25.0 Å². The van der Waals surface area contributed by atoms with Gasteiger partial charge in [0.2, 0.25) is 0 Å². The van der Waals surface area contributed by atoms with Crippen LogP contribution in [0.15, 0.2) is 53.7 Å². The molecule has 0 bridgehead atoms. The molecule has 0 saturated carbocycles. The Morgan fingerprint density at radius 3 is 2.86 bits per heavy atom. The van der Waals surface area contributed by atoms with Crippen LogP contribution in [0.1, 0.15) is 11.3 Å². The second-order valence-electron chi connectivity index (χ2n) is 4.43. The summed E-state index contributed by atoms with van der Waals surface area (Å²) in [4.78, 5) is 8.31. The highest BCUT2D eigenvalue weighted by Crippen LogP contribution is 2.14. The first-order chi connectivity index (χ1) is 10.3. The standard InChI is InChI=1S/C16H20N4O/c1-17-16(18-2)20-11-13-6-5-8-15(10-13)21-12-14-7-3-4-9-19-14/h3-10H,11-12H2,1-2H3,(H2,17,18,20). The van der Waals surface area contributed by atoms with Crippen LogP contribution in [0.5, 0.6) is 5.75 Å². The van der Waals surface area contributed by atoms with Gasteiger partial charge in [0.05, 0.1) is 5.69 Å². The number of aromatic nitrogens is 1. The fraction of sp³-hybridized carbons (Fsp3) is 0.250. The number of nitrogens with one attached hydrogen (secondary N) is 2. The molecule has 0 aliphatic carbocycles. The van der Waals surface area contributed by atoms with E-state index < -0.39 is 0 Å². The maximum Gasteiger partial charge on any atom is 0.190 e. The van der Waals surface area contributed by atoms with Crippen molar-refractivity contribution in [2.24, 2.45) is 4.99 Å². The van der Waals surface area contributed by atoms with Gasteiger partial charge in [-0.3, -0.25) is 9.98 Å². The summed E-state index contributed by atoms with van der Waals surface area (Å²) in [6.07, 6.45) is 1.77. The van der Waals surface area contributed by atoms with Crippen molar-refractivity contribution in [1.82, 2.24) is 15.6 Å². The van der Waals surface area contributed by atoms with Crippen molar-refractivity contribution < 1.29 is 4.74 Å². The molecule has 0 radical (unpaired) electrons. The van der Waals surface area contributed by atoms with Crippen molar-refractivity contribution >= 4 is 5.96 Å². The average molecular weight is 284 g/mol. The minimum atomic E-state index is 0.468. The van der Waals surface area contributed by atoms with Gasteiger partial charge >= 0.3 is 0 Å². The van der Waals surface area contributed by atoms with Gasteiger partial charge < -0.3 is 15.4 Å². The molecule has 1 heterocycles. The number of nitrogens with zero attached hydrogens (tertiary/aromatic N) is 2. The summed E-state index contributed by atoms with van der Waals surface area (Å²) in [6, 6.07) is 13.8. The van der Waals surface area contributed by atoms with E-state index in [1.165, 1.54) is 0 Å². The predicted molar refractivity (Wildman–Crippen MR) is 84.3 cm³/mol. The lowest BCUT2D eigenvalue weighted by molar-refractivity contribution is 0.301. The van der Waals surface area contributed by atoms with E-state index in [9.17, 15) is 0 Å². The van der Waals surface area contributed by atoms with Crippen LogP contribution < -0.4 is 15.4 Å². The van der Waals surface area contributed by atoms with Crippen LogP contribution in [0.3, 0.4) is 0 Å². The molecule has 0 atom stereocenters. The predicted octanol–water partition coefficient (Wildman–Crippen LogP) is 1.96. The topological polar surface area (TPSA) is 58.5 Å². The van der Waals surface area contributed by atoms with Crippen molar-refractivity contribution in [3.63, 3.8) is 0 Å². The summed E-state index contributed by atoms with van der Waals surface area (Å²) in [5.74, 6) is 1.59. The van der Waals surface area contributed by atoms with E-state index in [-0.39, 0.29) is 0 Å². The summed E-state index contributed by atoms with van der Waals surface area (Å²) in [7, 11) is 3.58. The minimum absolute atomic E-state index is 0.468. The van der Waals surface area contributed by atoms with Gasteiger partial charge in [-0.15, -0.1) is 0 Å². The number of rotatable bonds is 5. The number of hydrogen-bond acceptors (Lipinski definition) is 3. The molecule has 0 spiro atoms. The van der Waals surface area contributed by atoms with Gasteiger partial charge in [-0.05, 0) is 29.8 Å². The molecule has 110 valence electrons. The monoisotopic (exact) mass is 284 g/mol. The second-order valence-corrected chi connectivity index (χ2v) is 4.43. The van der Waals surface area contributed by atoms with Crippen LogP contribution in [0, 0.1) is 0 Å². The van der Waals surface area contributed by atoms with Gasteiger partial charge in [0, 0.05) is 26.8 Å². The molecule has 2 rings (SSSR count). The van der Waals surface area contributed by atoms with Crippen LogP contribution in [0.2, 0.25) is 0 Å². The number of benzene rings is 1. The zero-order chi connectivity index (χ0) is 14.9. The Bertz CT molecular complexity index is 584. The fourth-order valence-corrected chi connectivity index (χ4v) is 1.85. The first kappa shape index (κ1) is 14.8. The molecule has 1 aromatic carbocycles. The highest BCUT2D eigenvalue weighted by atomic mass is 16.5. The van der Waals surface area contributed by atoms with Gasteiger partial charge in [0.15, 0.2) is 5.96 Å². The molecule has 0 unspecified atom stereocenters. The summed E-state index contributed by atoms with van der Waals surface area (Å²) in [5.41, 5.74) is 2.04. The SMILES string of the molecule is CN=C(NC)NCc1cccc(OCc2ccccn2)c1. The zero-order valence-corrected chi connectivity index (χ0v) is 12.3. The number of pyridine rings is 1. The van der Waals surface area contributed by atoms with Crippen LogP contribution >= 0.6 is 0 Å². The molecular weight excluding hydrogens is 264 g/mol. The Kier molecular flexibility index (Phi) is 5.58. The minimum Gasteiger partial charge on any atom is -0.487 e. The summed E-state index contributed by atoms with van der Waals surface area (Å²) < 4.78 is 5.76. The van der Waals surface area contributed by atoms with Crippen LogP contribution in [0.4, 0.5) is 0 Å². The Morgan fingerprint density at radius 2 is 2.14 bits per heavy atom. The second kappa shape index (κ2) is 7.89. The lowest BCUT2D eigenvalue weighted by Crippen LogP contribution is -2.34. The molecule has 1 aromatic heterocycles. The quantitative estimate of drug-likeness (QED) is 0.651. The molecule has 0 fully saturated rings. The molecule has 0 amide bonds. The van der Waals surface area contributed by atoms with Crippen molar-refractivity contribution in [2.45, 2.75) is 13.2 Å². The van der Waals surface area contributed by atoms with Crippen molar-refractivity contribution in [3.8, 4) is 5.75 Å². The number of ether oxygens (including phenoxy) is 1. The van der Waals surface area contributed by atoms with E-state index in [1.54, 1.807) is 13.2 Å². The molecule has 0 saturated heterocycles. The van der Waals surface area contributed by atoms with Crippen molar-refractivity contribution in [3.05, 3.63) is 59.9 Å². The lowest BCUT2D eigenvalue weighted by Gasteiger charge is -2.10. The normalized spacial score (nSPS) is 11.0. The van der Waals surface area contributed by atoms with Gasteiger partial charge in [0.25, 0.3) is 0 Å². The fourth-order valence-electron chi connectivity index (χ4n) is 1.85. The van der Waals surface area contributed by atoms with E-state index >= 15 is 0 Å². The Balaban J connectivity index is 1.91. The largest absolute Gasteiger partial charge is 0.487 e. The third-order valence-corrected chi connectivity index (χ3v) is 2.93. The van der Waals surface area contributed by atoms with Gasteiger partial charge in [-0.2, -0.15) is 0 Å². The maximum absolute atomic E-state index is 5.76. The average Bonchev–Trinajstić information content (AvgIpc) is 2.55. The zero-order valence-electron chi connectivity index (χ0n) is 12.3. The van der Waals surface area contributed by atoms with Crippen molar-refractivity contribution in [1.29, 1.82) is 0 Å². The van der Waals surface area contributed by atoms with Gasteiger partial charge in [-0.1, -0.05) is 18.2 Å². The molecule has 2 N–H and O–H groups in total. The van der Waals surface area contributed by atoms with E-state index in [0.29, 0.717) is 13.2 Å². The smallest absolute Gasteiger partial charge is 0.190 e. The van der Waals surface area contributed by atoms with E-state index in [4.69, 9.17) is 4.74 Å². The highest BCUT2D eigenvalue weighted by molar-refractivity contribution is 5.79.